The van der Waals surface area contributed by atoms with Crippen LogP contribution in [0.15, 0.2) is 0 Å². The Kier molecular flexibility index (Phi) is 4.20. The molecule has 0 fully saturated rings. The molecule has 0 aliphatic rings. The molecule has 0 spiro atoms. The molecule has 0 aromatic carbocycles. The van der Waals surface area contributed by atoms with E-state index in [-0.39, 0.29) is 0 Å². The zero-order valence-corrected chi connectivity index (χ0v) is 14.6. The van der Waals surface area contributed by atoms with Crippen molar-refractivity contribution < 1.29 is 0 Å². The molecule has 2 aromatic rings. The summed E-state index contributed by atoms with van der Waals surface area (Å²) in [5, 5.41) is 0. The fourth-order valence-electron chi connectivity index (χ4n) is 1.99. The molecule has 22 heavy (non-hydrogen) atoms. The molecule has 2 aromatic heterocycles. The molecule has 0 aliphatic heterocycles. The van der Waals surface area contributed by atoms with Crippen LogP contribution in [0, 0.1) is 0 Å². The Morgan fingerprint density at radius 2 is 0.773 bits per heavy atom. The van der Waals surface area contributed by atoms with E-state index in [4.69, 9.17) is 0 Å². The van der Waals surface area contributed by atoms with Crippen molar-refractivity contribution >= 4 is 34.6 Å². The summed E-state index contributed by atoms with van der Waals surface area (Å²) in [4.78, 5) is 26.2. The van der Waals surface area contributed by atoms with Gasteiger partial charge < -0.3 is 19.6 Å². The van der Waals surface area contributed by atoms with Crippen LogP contribution in [0.2, 0.25) is 0 Å². The highest BCUT2D eigenvalue weighted by molar-refractivity contribution is 5.94. The van der Waals surface area contributed by atoms with Gasteiger partial charge in [0.15, 0.2) is 11.6 Å². The molecule has 0 saturated carbocycles. The van der Waals surface area contributed by atoms with Crippen molar-refractivity contribution in [2.45, 2.75) is 0 Å². The molecule has 0 unspecified atom stereocenters. The van der Waals surface area contributed by atoms with Gasteiger partial charge in [-0.3, -0.25) is 0 Å². The minimum atomic E-state index is 0.639. The summed E-state index contributed by atoms with van der Waals surface area (Å²) in [6.45, 7) is 0. The molecular weight excluding hydrogens is 280 g/mol. The maximum atomic E-state index is 4.64. The van der Waals surface area contributed by atoms with Crippen molar-refractivity contribution in [3.05, 3.63) is 0 Å². The second-order valence-corrected chi connectivity index (χ2v) is 5.97. The second-order valence-electron chi connectivity index (χ2n) is 5.97. The first kappa shape index (κ1) is 16.0. The summed E-state index contributed by atoms with van der Waals surface area (Å²) >= 11 is 0. The van der Waals surface area contributed by atoms with Gasteiger partial charge in [-0.2, -0.15) is 9.97 Å². The van der Waals surface area contributed by atoms with Crippen LogP contribution in [-0.4, -0.2) is 76.3 Å². The van der Waals surface area contributed by atoms with Crippen LogP contribution in [0.4, 0.5) is 23.5 Å². The molecule has 8 heteroatoms. The van der Waals surface area contributed by atoms with E-state index in [1.807, 2.05) is 76.0 Å². The van der Waals surface area contributed by atoms with E-state index >= 15 is 0 Å². The Bertz CT molecular complexity index is 619. The van der Waals surface area contributed by atoms with E-state index in [0.717, 1.165) is 22.7 Å². The molecule has 120 valence electrons. The summed E-state index contributed by atoms with van der Waals surface area (Å²) in [7, 11) is 15.5. The lowest BCUT2D eigenvalue weighted by molar-refractivity contribution is 0.952. The van der Waals surface area contributed by atoms with Gasteiger partial charge in [0.1, 0.15) is 11.0 Å². The normalized spacial score (nSPS) is 10.7. The third-order valence-electron chi connectivity index (χ3n) is 3.13. The number of nitrogens with zero attached hydrogens (tertiary/aromatic N) is 8. The standard InChI is InChI=1S/C14H24N8/c1-19(2)11-9-10(16-13(17-11)21(5)6)12(20(3)4)18-14(15-9)22(7)8/h1-8H3. The third-order valence-corrected chi connectivity index (χ3v) is 3.13. The first-order valence-electron chi connectivity index (χ1n) is 7.01. The van der Waals surface area contributed by atoms with Crippen LogP contribution < -0.4 is 19.6 Å². The molecule has 2 rings (SSSR count). The molecule has 0 bridgehead atoms. The predicted octanol–water partition coefficient (Wildman–Crippen LogP) is 0.684. The van der Waals surface area contributed by atoms with E-state index in [2.05, 4.69) is 19.9 Å². The molecule has 8 nitrogen and oxygen atoms in total. The van der Waals surface area contributed by atoms with Gasteiger partial charge in [0, 0.05) is 56.4 Å². The van der Waals surface area contributed by atoms with E-state index in [1.165, 1.54) is 0 Å². The van der Waals surface area contributed by atoms with Crippen LogP contribution in [0.5, 0.6) is 0 Å². The smallest absolute Gasteiger partial charge is 0.227 e. The van der Waals surface area contributed by atoms with Crippen LogP contribution in [0.1, 0.15) is 0 Å². The molecule has 0 radical (unpaired) electrons. The number of anilines is 4. The number of hydrogen-bond donors (Lipinski definition) is 0. The minimum absolute atomic E-state index is 0.639. The zero-order chi connectivity index (χ0) is 16.6. The lowest BCUT2D eigenvalue weighted by Crippen LogP contribution is -2.21. The van der Waals surface area contributed by atoms with Crippen molar-refractivity contribution in [3.8, 4) is 0 Å². The average Bonchev–Trinajstić information content (AvgIpc) is 2.44. The van der Waals surface area contributed by atoms with E-state index < -0.39 is 0 Å². The van der Waals surface area contributed by atoms with Crippen molar-refractivity contribution in [2.24, 2.45) is 0 Å². The molecule has 0 N–H and O–H groups in total. The summed E-state index contributed by atoms with van der Waals surface area (Å²) in [6.07, 6.45) is 0. The van der Waals surface area contributed by atoms with Gasteiger partial charge >= 0.3 is 0 Å². The maximum absolute atomic E-state index is 4.64. The lowest BCUT2D eigenvalue weighted by Gasteiger charge is -2.22. The summed E-state index contributed by atoms with van der Waals surface area (Å²) < 4.78 is 0. The van der Waals surface area contributed by atoms with Gasteiger partial charge in [0.2, 0.25) is 11.9 Å². The topological polar surface area (TPSA) is 64.5 Å². The fourth-order valence-corrected chi connectivity index (χ4v) is 1.99. The molecule has 0 saturated heterocycles. The van der Waals surface area contributed by atoms with Crippen LogP contribution >= 0.6 is 0 Å². The first-order chi connectivity index (χ1) is 10.2. The van der Waals surface area contributed by atoms with E-state index in [9.17, 15) is 0 Å². The number of hydrogen-bond acceptors (Lipinski definition) is 8. The van der Waals surface area contributed by atoms with Gasteiger partial charge in [-0.15, -0.1) is 0 Å². The SMILES string of the molecule is CN(C)c1nc(N(C)C)c2nc(N(C)C)nc(N(C)C)c2n1. The quantitative estimate of drug-likeness (QED) is 0.817. The van der Waals surface area contributed by atoms with Crippen molar-refractivity contribution in [3.63, 3.8) is 0 Å². The molecular formula is C14H24N8. The Labute approximate surface area is 131 Å². The van der Waals surface area contributed by atoms with Crippen molar-refractivity contribution in [1.82, 2.24) is 19.9 Å². The molecule has 0 aliphatic carbocycles. The van der Waals surface area contributed by atoms with E-state index in [1.54, 1.807) is 0 Å². The highest BCUT2D eigenvalue weighted by Gasteiger charge is 2.19. The van der Waals surface area contributed by atoms with Gasteiger partial charge in [-0.25, -0.2) is 9.97 Å². The summed E-state index contributed by atoms with van der Waals surface area (Å²) in [6, 6.07) is 0. The Hall–Kier alpha value is -2.38. The fraction of sp³-hybridized carbons (Fsp3) is 0.571. The first-order valence-corrected chi connectivity index (χ1v) is 7.01. The van der Waals surface area contributed by atoms with Gasteiger partial charge in [-0.05, 0) is 0 Å². The summed E-state index contributed by atoms with van der Waals surface area (Å²) in [5.41, 5.74) is 1.50. The largest absolute Gasteiger partial charge is 0.361 e. The van der Waals surface area contributed by atoms with Crippen LogP contribution in [0.3, 0.4) is 0 Å². The maximum Gasteiger partial charge on any atom is 0.227 e. The monoisotopic (exact) mass is 304 g/mol. The average molecular weight is 304 g/mol. The summed E-state index contributed by atoms with van der Waals surface area (Å²) in [5.74, 6) is 2.84. The molecule has 0 amide bonds. The zero-order valence-electron chi connectivity index (χ0n) is 14.6. The van der Waals surface area contributed by atoms with Crippen molar-refractivity contribution in [1.29, 1.82) is 0 Å². The number of rotatable bonds is 4. The number of fused-ring (bicyclic) bond motifs is 1. The Balaban J connectivity index is 2.90. The highest BCUT2D eigenvalue weighted by Crippen LogP contribution is 2.30. The predicted molar refractivity (Wildman–Crippen MR) is 92.4 cm³/mol. The Morgan fingerprint density at radius 1 is 0.455 bits per heavy atom. The molecule has 2 heterocycles. The number of aromatic nitrogens is 4. The minimum Gasteiger partial charge on any atom is -0.361 e. The van der Waals surface area contributed by atoms with E-state index in [0.29, 0.717) is 11.9 Å². The molecule has 0 atom stereocenters. The van der Waals surface area contributed by atoms with Crippen molar-refractivity contribution in [2.75, 3.05) is 76.0 Å². The highest BCUT2D eigenvalue weighted by atomic mass is 15.3. The van der Waals surface area contributed by atoms with Gasteiger partial charge in [-0.1, -0.05) is 0 Å². The third kappa shape index (κ3) is 2.81. The Morgan fingerprint density at radius 3 is 1.00 bits per heavy atom. The van der Waals surface area contributed by atoms with Crippen LogP contribution in [-0.2, 0) is 0 Å². The lowest BCUT2D eigenvalue weighted by atomic mass is 10.3. The van der Waals surface area contributed by atoms with Crippen LogP contribution in [0.25, 0.3) is 11.0 Å². The van der Waals surface area contributed by atoms with Gasteiger partial charge in [0.05, 0.1) is 0 Å². The van der Waals surface area contributed by atoms with Gasteiger partial charge in [0.25, 0.3) is 0 Å². The second kappa shape index (κ2) is 5.78.